The highest BCUT2D eigenvalue weighted by Crippen LogP contribution is 2.22. The maximum absolute atomic E-state index is 11.8. The number of hydrogen-bond acceptors (Lipinski definition) is 7. The van der Waals surface area contributed by atoms with E-state index in [9.17, 15) is 9.90 Å². The molecule has 0 spiro atoms. The van der Waals surface area contributed by atoms with Gasteiger partial charge in [-0.1, -0.05) is 13.3 Å². The average Bonchev–Trinajstić information content (AvgIpc) is 2.48. The van der Waals surface area contributed by atoms with Crippen molar-refractivity contribution >= 4 is 11.5 Å². The van der Waals surface area contributed by atoms with Crippen molar-refractivity contribution in [3.8, 4) is 0 Å². The van der Waals surface area contributed by atoms with Crippen molar-refractivity contribution in [1.82, 2.24) is 0 Å². The lowest BCUT2D eigenvalue weighted by Crippen LogP contribution is -2.34. The van der Waals surface area contributed by atoms with E-state index in [1.54, 1.807) is 0 Å². The first-order chi connectivity index (χ1) is 10.1. The number of rotatable bonds is 9. The third kappa shape index (κ3) is 4.38. The molecule has 0 aromatic carbocycles. The summed E-state index contributed by atoms with van der Waals surface area (Å²) < 4.78 is 10.7. The Morgan fingerprint density at radius 1 is 1.38 bits per heavy atom. The van der Waals surface area contributed by atoms with Gasteiger partial charge in [-0.25, -0.2) is 0 Å². The largest absolute Gasteiger partial charge is 0.489 e. The minimum Gasteiger partial charge on any atom is -0.489 e. The number of ketones is 1. The molecule has 7 nitrogen and oxygen atoms in total. The van der Waals surface area contributed by atoms with E-state index in [1.807, 2.05) is 6.92 Å². The Kier molecular flexibility index (Phi) is 7.07. The zero-order chi connectivity index (χ0) is 15.8. The maximum Gasteiger partial charge on any atom is 0.205 e. The van der Waals surface area contributed by atoms with E-state index in [4.69, 9.17) is 25.7 Å². The van der Waals surface area contributed by atoms with Gasteiger partial charge in [0.1, 0.15) is 24.2 Å². The number of nitrogens with two attached hydrogens (primary N) is 1. The molecule has 0 amide bonds. The number of ether oxygens (including phenoxy) is 2. The van der Waals surface area contributed by atoms with Crippen LogP contribution in [0.25, 0.3) is 0 Å². The smallest absolute Gasteiger partial charge is 0.205 e. The monoisotopic (exact) mass is 298 g/mol. The molecule has 1 unspecified atom stereocenters. The molecule has 0 bridgehead atoms. The Morgan fingerprint density at radius 3 is 2.67 bits per heavy atom. The first-order valence-electron chi connectivity index (χ1n) is 6.87. The van der Waals surface area contributed by atoms with Gasteiger partial charge in [-0.15, -0.1) is 0 Å². The highest BCUT2D eigenvalue weighted by Gasteiger charge is 2.31. The third-order valence-electron chi connectivity index (χ3n) is 2.99. The van der Waals surface area contributed by atoms with Crippen molar-refractivity contribution in [2.24, 2.45) is 5.73 Å². The van der Waals surface area contributed by atoms with Crippen molar-refractivity contribution < 1.29 is 24.5 Å². The average molecular weight is 298 g/mol. The molecule has 0 aromatic rings. The first-order valence-corrected chi connectivity index (χ1v) is 6.87. The van der Waals surface area contributed by atoms with Gasteiger partial charge in [-0.2, -0.15) is 0 Å². The maximum atomic E-state index is 11.8. The van der Waals surface area contributed by atoms with E-state index in [1.165, 1.54) is 0 Å². The van der Waals surface area contributed by atoms with E-state index in [2.05, 4.69) is 0 Å². The summed E-state index contributed by atoms with van der Waals surface area (Å²) in [5.41, 5.74) is 5.65. The third-order valence-corrected chi connectivity index (χ3v) is 2.99. The van der Waals surface area contributed by atoms with E-state index in [-0.39, 0.29) is 42.6 Å². The Hall–Kier alpha value is -1.70. The highest BCUT2D eigenvalue weighted by atomic mass is 16.5. The van der Waals surface area contributed by atoms with Crippen LogP contribution in [-0.4, -0.2) is 54.2 Å². The fourth-order valence-electron chi connectivity index (χ4n) is 1.87. The molecule has 1 aliphatic rings. The molecule has 0 radical (unpaired) electrons. The molecule has 0 aromatic heterocycles. The minimum atomic E-state index is -0.838. The van der Waals surface area contributed by atoms with Crippen LogP contribution in [0.4, 0.5) is 0 Å². The lowest BCUT2D eigenvalue weighted by Gasteiger charge is -2.25. The minimum absolute atomic E-state index is 0.0239. The van der Waals surface area contributed by atoms with Crippen molar-refractivity contribution in [3.05, 3.63) is 23.1 Å². The number of unbranched alkanes of at least 4 members (excludes halogenated alkanes) is 1. The van der Waals surface area contributed by atoms with Crippen LogP contribution in [0.5, 0.6) is 0 Å². The quantitative estimate of drug-likeness (QED) is 0.347. The number of aliphatic hydroxyl groups excluding tert-OH is 2. The van der Waals surface area contributed by atoms with Crippen LogP contribution in [-0.2, 0) is 14.3 Å². The van der Waals surface area contributed by atoms with Crippen LogP contribution < -0.4 is 5.73 Å². The van der Waals surface area contributed by atoms with E-state index >= 15 is 0 Å². The first kappa shape index (κ1) is 17.4. The van der Waals surface area contributed by atoms with Gasteiger partial charge in [0, 0.05) is 18.3 Å². The molecule has 0 aliphatic heterocycles. The number of allylic oxidation sites excluding steroid dienone is 2. The zero-order valence-corrected chi connectivity index (χ0v) is 12.1. The molecular weight excluding hydrogens is 276 g/mol. The van der Waals surface area contributed by atoms with Gasteiger partial charge in [-0.3, -0.25) is 10.2 Å². The molecule has 1 aliphatic carbocycles. The number of hydrogen-bond donors (Lipinski definition) is 4. The van der Waals surface area contributed by atoms with E-state index < -0.39 is 11.9 Å². The summed E-state index contributed by atoms with van der Waals surface area (Å²) in [7, 11) is 0. The number of carbonyl (C=O) groups is 1. The van der Waals surface area contributed by atoms with E-state index in [0.717, 1.165) is 18.9 Å². The second-order valence-corrected chi connectivity index (χ2v) is 4.54. The summed E-state index contributed by atoms with van der Waals surface area (Å²) in [6.45, 7) is 1.75. The SMILES string of the molecule is CCCCOC(CO)C1=C(N)C(=O)C=C(OCCO)C1=N. The number of nitrogens with one attached hydrogen (secondary N) is 1. The molecule has 7 heteroatoms. The Morgan fingerprint density at radius 2 is 2.10 bits per heavy atom. The second kappa shape index (κ2) is 8.56. The van der Waals surface area contributed by atoms with Crippen LogP contribution in [0, 0.1) is 5.41 Å². The number of carbonyl (C=O) groups excluding carboxylic acids is 1. The lowest BCUT2D eigenvalue weighted by atomic mass is 9.93. The summed E-state index contributed by atoms with van der Waals surface area (Å²) in [5.74, 6) is -0.470. The van der Waals surface area contributed by atoms with Crippen molar-refractivity contribution in [2.75, 3.05) is 26.4 Å². The highest BCUT2D eigenvalue weighted by molar-refractivity contribution is 6.23. The molecule has 118 valence electrons. The summed E-state index contributed by atoms with van der Waals surface area (Å²) in [6, 6.07) is 0. The molecule has 5 N–H and O–H groups in total. The van der Waals surface area contributed by atoms with Gasteiger partial charge in [0.2, 0.25) is 5.78 Å². The summed E-state index contributed by atoms with van der Waals surface area (Å²) in [6.07, 6.45) is 1.99. The topological polar surface area (TPSA) is 126 Å². The van der Waals surface area contributed by atoms with E-state index in [0.29, 0.717) is 6.61 Å². The van der Waals surface area contributed by atoms with Crippen LogP contribution in [0.1, 0.15) is 19.8 Å². The van der Waals surface area contributed by atoms with Crippen molar-refractivity contribution in [1.29, 1.82) is 5.41 Å². The van der Waals surface area contributed by atoms with Gasteiger partial charge >= 0.3 is 0 Å². The zero-order valence-electron chi connectivity index (χ0n) is 12.1. The molecule has 0 saturated carbocycles. The van der Waals surface area contributed by atoms with Gasteiger partial charge in [-0.05, 0) is 6.42 Å². The lowest BCUT2D eigenvalue weighted by molar-refractivity contribution is -0.111. The Balaban J connectivity index is 2.93. The van der Waals surface area contributed by atoms with Crippen molar-refractivity contribution in [3.63, 3.8) is 0 Å². The van der Waals surface area contributed by atoms with Crippen LogP contribution in [0.3, 0.4) is 0 Å². The molecule has 0 heterocycles. The predicted molar refractivity (Wildman–Crippen MR) is 76.8 cm³/mol. The molecule has 21 heavy (non-hydrogen) atoms. The molecule has 0 fully saturated rings. The van der Waals surface area contributed by atoms with Crippen LogP contribution in [0.2, 0.25) is 0 Å². The van der Waals surface area contributed by atoms with Gasteiger partial charge in [0.05, 0.1) is 18.9 Å². The van der Waals surface area contributed by atoms with Gasteiger partial charge in [0.15, 0.2) is 0 Å². The van der Waals surface area contributed by atoms with Gasteiger partial charge in [0.25, 0.3) is 0 Å². The fourth-order valence-corrected chi connectivity index (χ4v) is 1.87. The molecule has 0 saturated heterocycles. The molecular formula is C14H22N2O5. The summed E-state index contributed by atoms with van der Waals surface area (Å²) in [4.78, 5) is 11.8. The summed E-state index contributed by atoms with van der Waals surface area (Å²) >= 11 is 0. The number of aliphatic hydroxyl groups is 2. The predicted octanol–water partition coefficient (Wildman–Crippen LogP) is -0.128. The second-order valence-electron chi connectivity index (χ2n) is 4.54. The molecule has 1 rings (SSSR count). The Labute approximate surface area is 123 Å². The normalized spacial score (nSPS) is 17.0. The Bertz CT molecular complexity index is 456. The van der Waals surface area contributed by atoms with Crippen LogP contribution in [0.15, 0.2) is 23.1 Å². The van der Waals surface area contributed by atoms with Crippen LogP contribution >= 0.6 is 0 Å². The fraction of sp³-hybridized carbons (Fsp3) is 0.571. The molecule has 1 atom stereocenters. The van der Waals surface area contributed by atoms with Crippen molar-refractivity contribution in [2.45, 2.75) is 25.9 Å². The standard InChI is InChI=1S/C14H22N2O5/c1-2-3-5-20-11(8-18)12-13(15)9(19)7-10(14(12)16)21-6-4-17/h7,11,16-18H,2-6,8,15H2,1H3. The summed E-state index contributed by atoms with van der Waals surface area (Å²) in [5, 5.41) is 26.3. The van der Waals surface area contributed by atoms with Gasteiger partial charge < -0.3 is 25.4 Å².